The van der Waals surface area contributed by atoms with Crippen molar-refractivity contribution in [3.05, 3.63) is 20.8 Å². The van der Waals surface area contributed by atoms with Crippen molar-refractivity contribution in [2.45, 2.75) is 25.3 Å². The van der Waals surface area contributed by atoms with Crippen molar-refractivity contribution in [1.29, 1.82) is 0 Å². The molecule has 0 radical (unpaired) electrons. The second kappa shape index (κ2) is 4.90. The summed E-state index contributed by atoms with van der Waals surface area (Å²) in [6.07, 6.45) is -10.9. The lowest BCUT2D eigenvalue weighted by atomic mass is 9.97. The van der Waals surface area contributed by atoms with E-state index in [1.807, 2.05) is 0 Å². The highest BCUT2D eigenvalue weighted by molar-refractivity contribution is 7.16. The first kappa shape index (κ1) is 15.6. The fraction of sp³-hybridized carbons (Fsp3) is 0.556. The molecule has 2 N–H and O–H groups in total. The third kappa shape index (κ3) is 3.30. The molecule has 0 bridgehead atoms. The van der Waals surface area contributed by atoms with E-state index in [4.69, 9.17) is 17.3 Å². The van der Waals surface area contributed by atoms with E-state index >= 15 is 0 Å². The van der Waals surface area contributed by atoms with E-state index in [1.54, 1.807) is 0 Å². The Labute approximate surface area is 108 Å². The van der Waals surface area contributed by atoms with E-state index in [-0.39, 0.29) is 9.21 Å². The van der Waals surface area contributed by atoms with Gasteiger partial charge < -0.3 is 5.73 Å². The molecule has 1 aromatic heterocycles. The molecule has 9 heteroatoms. The second-order valence-corrected chi connectivity index (χ2v) is 5.38. The van der Waals surface area contributed by atoms with Crippen LogP contribution in [-0.2, 0) is 0 Å². The lowest BCUT2D eigenvalue weighted by Crippen LogP contribution is -2.43. The minimum absolute atomic E-state index is 0.128. The Morgan fingerprint density at radius 1 is 1.17 bits per heavy atom. The summed E-state index contributed by atoms with van der Waals surface area (Å²) in [4.78, 5) is -0.239. The van der Waals surface area contributed by atoms with Gasteiger partial charge in [0.1, 0.15) is 0 Å². The quantitative estimate of drug-likeness (QED) is 0.802. The SMILES string of the molecule is Cc1cc(C(N)C(C(F)(F)F)C(F)(F)F)sc1Cl. The molecule has 0 aliphatic heterocycles. The van der Waals surface area contributed by atoms with Crippen LogP contribution in [0.25, 0.3) is 0 Å². The van der Waals surface area contributed by atoms with Crippen LogP contribution < -0.4 is 5.73 Å². The largest absolute Gasteiger partial charge is 0.402 e. The number of aryl methyl sites for hydroxylation is 1. The first-order valence-electron chi connectivity index (χ1n) is 4.59. The van der Waals surface area contributed by atoms with E-state index in [0.29, 0.717) is 16.9 Å². The molecule has 0 saturated heterocycles. The molecular formula is C9H8ClF6NS. The summed E-state index contributed by atoms with van der Waals surface area (Å²) in [7, 11) is 0. The molecule has 0 spiro atoms. The average Bonchev–Trinajstić information content (AvgIpc) is 2.41. The smallest absolute Gasteiger partial charge is 0.322 e. The van der Waals surface area contributed by atoms with E-state index in [0.717, 1.165) is 6.07 Å². The number of nitrogens with two attached hydrogens (primary N) is 1. The lowest BCUT2D eigenvalue weighted by Gasteiger charge is -2.27. The Morgan fingerprint density at radius 3 is 1.89 bits per heavy atom. The molecule has 18 heavy (non-hydrogen) atoms. The molecule has 104 valence electrons. The van der Waals surface area contributed by atoms with Crippen molar-refractivity contribution in [3.63, 3.8) is 0 Å². The molecule has 1 nitrogen and oxygen atoms in total. The fourth-order valence-corrected chi connectivity index (χ4v) is 2.66. The number of hydrogen-bond donors (Lipinski definition) is 1. The number of thiophene rings is 1. The number of halogens is 7. The topological polar surface area (TPSA) is 26.0 Å². The Kier molecular flexibility index (Phi) is 4.24. The monoisotopic (exact) mass is 311 g/mol. The van der Waals surface area contributed by atoms with Gasteiger partial charge >= 0.3 is 12.4 Å². The van der Waals surface area contributed by atoms with Crippen LogP contribution in [0.1, 0.15) is 16.5 Å². The van der Waals surface area contributed by atoms with Gasteiger partial charge in [-0.1, -0.05) is 11.6 Å². The molecule has 1 aromatic rings. The van der Waals surface area contributed by atoms with Crippen LogP contribution in [0.5, 0.6) is 0 Å². The van der Waals surface area contributed by atoms with Gasteiger partial charge in [0.05, 0.1) is 10.4 Å². The van der Waals surface area contributed by atoms with Crippen LogP contribution >= 0.6 is 22.9 Å². The maximum Gasteiger partial charge on any atom is 0.402 e. The Bertz CT molecular complexity index is 390. The van der Waals surface area contributed by atoms with Crippen molar-refractivity contribution in [3.8, 4) is 0 Å². The first-order chi connectivity index (χ1) is 7.94. The van der Waals surface area contributed by atoms with Crippen LogP contribution in [0.3, 0.4) is 0 Å². The van der Waals surface area contributed by atoms with Gasteiger partial charge in [0.25, 0.3) is 0 Å². The number of hydrogen-bond acceptors (Lipinski definition) is 2. The third-order valence-corrected chi connectivity index (χ3v) is 3.93. The predicted molar refractivity (Wildman–Crippen MR) is 56.6 cm³/mol. The van der Waals surface area contributed by atoms with Gasteiger partial charge in [-0.05, 0) is 18.6 Å². The van der Waals surface area contributed by atoms with Gasteiger partial charge in [0, 0.05) is 4.88 Å². The van der Waals surface area contributed by atoms with Gasteiger partial charge in [-0.3, -0.25) is 0 Å². The van der Waals surface area contributed by atoms with E-state index in [2.05, 4.69) is 0 Å². The molecule has 0 fully saturated rings. The summed E-state index contributed by atoms with van der Waals surface area (Å²) in [6.45, 7) is 1.48. The van der Waals surface area contributed by atoms with Crippen molar-refractivity contribution in [2.75, 3.05) is 0 Å². The van der Waals surface area contributed by atoms with Gasteiger partial charge in [0.2, 0.25) is 0 Å². The van der Waals surface area contributed by atoms with Gasteiger partial charge in [-0.2, -0.15) is 26.3 Å². The summed E-state index contributed by atoms with van der Waals surface area (Å²) >= 11 is 6.23. The van der Waals surface area contributed by atoms with Crippen LogP contribution in [0, 0.1) is 12.8 Å². The van der Waals surface area contributed by atoms with Crippen LogP contribution in [0.15, 0.2) is 6.07 Å². The molecule has 1 unspecified atom stereocenters. The zero-order valence-corrected chi connectivity index (χ0v) is 10.4. The Hall–Kier alpha value is -0.470. The van der Waals surface area contributed by atoms with Crippen molar-refractivity contribution in [1.82, 2.24) is 0 Å². The Balaban J connectivity index is 3.15. The van der Waals surface area contributed by atoms with E-state index in [1.165, 1.54) is 6.92 Å². The maximum absolute atomic E-state index is 12.4. The van der Waals surface area contributed by atoms with Gasteiger partial charge in [-0.25, -0.2) is 0 Å². The minimum Gasteiger partial charge on any atom is -0.322 e. The average molecular weight is 312 g/mol. The number of rotatable bonds is 2. The molecule has 1 heterocycles. The van der Waals surface area contributed by atoms with Gasteiger partial charge in [-0.15, -0.1) is 11.3 Å². The standard InChI is InChI=1S/C9H8ClF6NS/c1-3-2-4(18-7(3)10)5(17)6(8(11,12)13)9(14,15)16/h2,5-6H,17H2,1H3. The molecule has 0 aromatic carbocycles. The highest BCUT2D eigenvalue weighted by Crippen LogP contribution is 2.47. The molecule has 0 aliphatic rings. The van der Waals surface area contributed by atoms with Crippen molar-refractivity contribution < 1.29 is 26.3 Å². The number of alkyl halides is 6. The molecule has 0 amide bonds. The van der Waals surface area contributed by atoms with Crippen LogP contribution in [-0.4, -0.2) is 12.4 Å². The van der Waals surface area contributed by atoms with Crippen LogP contribution in [0.4, 0.5) is 26.3 Å². The normalized spacial score (nSPS) is 15.2. The minimum atomic E-state index is -5.46. The highest BCUT2D eigenvalue weighted by Gasteiger charge is 2.60. The van der Waals surface area contributed by atoms with E-state index < -0.39 is 24.3 Å². The second-order valence-electron chi connectivity index (χ2n) is 3.69. The molecular weight excluding hydrogens is 304 g/mol. The lowest BCUT2D eigenvalue weighted by molar-refractivity contribution is -0.290. The maximum atomic E-state index is 12.4. The molecule has 0 aliphatic carbocycles. The first-order valence-corrected chi connectivity index (χ1v) is 5.79. The van der Waals surface area contributed by atoms with Crippen molar-refractivity contribution in [2.24, 2.45) is 11.7 Å². The highest BCUT2D eigenvalue weighted by atomic mass is 35.5. The summed E-state index contributed by atoms with van der Waals surface area (Å²) in [5.41, 5.74) is 5.50. The van der Waals surface area contributed by atoms with Crippen molar-refractivity contribution >= 4 is 22.9 Å². The zero-order chi connectivity index (χ0) is 14.3. The summed E-state index contributed by atoms with van der Waals surface area (Å²) < 4.78 is 74.7. The predicted octanol–water partition coefficient (Wildman–Crippen LogP) is 4.45. The third-order valence-electron chi connectivity index (χ3n) is 2.27. The zero-order valence-electron chi connectivity index (χ0n) is 8.86. The summed E-state index contributed by atoms with van der Waals surface area (Å²) in [6, 6.07) is -1.07. The van der Waals surface area contributed by atoms with Crippen LogP contribution in [0.2, 0.25) is 4.34 Å². The fourth-order valence-electron chi connectivity index (χ4n) is 1.40. The summed E-state index contributed by atoms with van der Waals surface area (Å²) in [5, 5.41) is 0. The molecule has 1 rings (SSSR count). The molecule has 1 atom stereocenters. The molecule has 0 saturated carbocycles. The van der Waals surface area contributed by atoms with E-state index in [9.17, 15) is 26.3 Å². The summed E-state index contributed by atoms with van der Waals surface area (Å²) in [5.74, 6) is -3.60. The Morgan fingerprint density at radius 2 is 1.61 bits per heavy atom. The van der Waals surface area contributed by atoms with Gasteiger partial charge in [0.15, 0.2) is 5.92 Å².